The normalized spacial score (nSPS) is 10.2. The lowest BCUT2D eigenvalue weighted by Crippen LogP contribution is -1.90. The number of hydrogen-bond acceptors (Lipinski definition) is 0. The van der Waals surface area contributed by atoms with E-state index in [2.05, 4.69) is 0 Å². The minimum Gasteiger partial charge on any atom is -0.200 e. The van der Waals surface area contributed by atoms with Gasteiger partial charge in [0.25, 0.3) is 0 Å². The van der Waals surface area contributed by atoms with Crippen molar-refractivity contribution in [2.75, 3.05) is 0 Å². The fraction of sp³-hybridized carbons (Fsp3) is 0. The highest BCUT2D eigenvalue weighted by Crippen LogP contribution is 2.38. The Morgan fingerprint density at radius 2 is 1.06 bits per heavy atom. The molecule has 0 heterocycles. The van der Waals surface area contributed by atoms with Crippen LogP contribution < -0.4 is 0 Å². The molecular formula is C10H2Cl2F6. The maximum absolute atomic E-state index is 13.0. The van der Waals surface area contributed by atoms with Crippen LogP contribution in [-0.4, -0.2) is 0 Å². The second-order valence-corrected chi connectivity index (χ2v) is 3.78. The van der Waals surface area contributed by atoms with Crippen LogP contribution in [0.3, 0.4) is 0 Å². The van der Waals surface area contributed by atoms with Gasteiger partial charge < -0.3 is 0 Å². The van der Waals surface area contributed by atoms with Gasteiger partial charge in [-0.2, -0.15) is 17.6 Å². The number of benzene rings is 1. The molecule has 0 aromatic heterocycles. The largest absolute Gasteiger partial charge is 0.306 e. The van der Waals surface area contributed by atoms with Crippen molar-refractivity contribution in [1.82, 2.24) is 0 Å². The molecule has 0 saturated heterocycles. The number of hydrogen-bond donors (Lipinski definition) is 0. The zero-order valence-corrected chi connectivity index (χ0v) is 9.69. The monoisotopic (exact) mass is 306 g/mol. The lowest BCUT2D eigenvalue weighted by Gasteiger charge is -2.07. The molecule has 0 amide bonds. The highest BCUT2D eigenvalue weighted by molar-refractivity contribution is 6.36. The molecule has 0 N–H and O–H groups in total. The Kier molecular flexibility index (Phi) is 4.70. The van der Waals surface area contributed by atoms with Gasteiger partial charge in [0.05, 0.1) is 5.02 Å². The fourth-order valence-corrected chi connectivity index (χ4v) is 1.61. The smallest absolute Gasteiger partial charge is 0.200 e. The van der Waals surface area contributed by atoms with Crippen molar-refractivity contribution in [3.63, 3.8) is 0 Å². The molecule has 1 rings (SSSR count). The summed E-state index contributed by atoms with van der Waals surface area (Å²) in [5, 5.41) is -1.34. The van der Waals surface area contributed by atoms with Crippen LogP contribution in [0.25, 0.3) is 11.7 Å². The molecule has 18 heavy (non-hydrogen) atoms. The second kappa shape index (κ2) is 5.67. The third kappa shape index (κ3) is 3.00. The van der Waals surface area contributed by atoms with Gasteiger partial charge in [-0.25, -0.2) is 8.78 Å². The first-order valence-electron chi connectivity index (χ1n) is 4.17. The SMILES string of the molecule is FC(F)=C(F)c1cc(Cl)cc(C(F)=C(F)F)c1Cl. The molecular weight excluding hydrogens is 305 g/mol. The van der Waals surface area contributed by atoms with Gasteiger partial charge in [0, 0.05) is 16.1 Å². The molecule has 1 aromatic rings. The fourth-order valence-electron chi connectivity index (χ4n) is 1.11. The van der Waals surface area contributed by atoms with Crippen LogP contribution in [0.1, 0.15) is 11.1 Å². The summed E-state index contributed by atoms with van der Waals surface area (Å²) in [7, 11) is 0. The minimum atomic E-state index is -2.73. The maximum atomic E-state index is 13.0. The van der Waals surface area contributed by atoms with E-state index >= 15 is 0 Å². The van der Waals surface area contributed by atoms with Crippen molar-refractivity contribution < 1.29 is 26.3 Å². The topological polar surface area (TPSA) is 0 Å². The molecule has 8 heteroatoms. The van der Waals surface area contributed by atoms with E-state index in [1.54, 1.807) is 0 Å². The molecule has 98 valence electrons. The Morgan fingerprint density at radius 1 is 0.722 bits per heavy atom. The van der Waals surface area contributed by atoms with Crippen molar-refractivity contribution >= 4 is 34.9 Å². The molecule has 0 unspecified atom stereocenters. The van der Waals surface area contributed by atoms with E-state index in [0.717, 1.165) is 0 Å². The Hall–Kier alpha value is -1.14. The zero-order valence-electron chi connectivity index (χ0n) is 8.18. The van der Waals surface area contributed by atoms with Gasteiger partial charge in [-0.05, 0) is 12.1 Å². The van der Waals surface area contributed by atoms with Gasteiger partial charge in [0.15, 0.2) is 11.7 Å². The molecule has 0 aliphatic carbocycles. The van der Waals surface area contributed by atoms with E-state index in [4.69, 9.17) is 23.2 Å². The lowest BCUT2D eigenvalue weighted by molar-refractivity contribution is 0.410. The van der Waals surface area contributed by atoms with Crippen LogP contribution in [0.5, 0.6) is 0 Å². The van der Waals surface area contributed by atoms with E-state index in [0.29, 0.717) is 12.1 Å². The van der Waals surface area contributed by atoms with Crippen molar-refractivity contribution in [3.05, 3.63) is 45.5 Å². The summed E-state index contributed by atoms with van der Waals surface area (Å²) >= 11 is 10.8. The standard InChI is InChI=1S/C10H2Cl2F6/c11-3-1-4(7(13)9(15)16)6(12)5(2-3)8(14)10(17)18/h1-2H. The lowest BCUT2D eigenvalue weighted by atomic mass is 10.1. The van der Waals surface area contributed by atoms with Gasteiger partial charge in [-0.3, -0.25) is 0 Å². The summed E-state index contributed by atoms with van der Waals surface area (Å²) in [4.78, 5) is 0. The summed E-state index contributed by atoms with van der Waals surface area (Å²) in [6, 6.07) is 1.34. The predicted octanol–water partition coefficient (Wildman–Crippen LogP) is 6.06. The molecule has 0 radical (unpaired) electrons. The molecule has 0 fully saturated rings. The Bertz CT molecular complexity index is 496. The second-order valence-electron chi connectivity index (χ2n) is 2.96. The third-order valence-electron chi connectivity index (χ3n) is 1.84. The number of halogens is 8. The molecule has 0 spiro atoms. The Balaban J connectivity index is 3.61. The van der Waals surface area contributed by atoms with Gasteiger partial charge in [-0.15, -0.1) is 0 Å². The van der Waals surface area contributed by atoms with Crippen molar-refractivity contribution in [1.29, 1.82) is 0 Å². The summed E-state index contributed by atoms with van der Waals surface area (Å²) in [6.07, 6.45) is -5.45. The van der Waals surface area contributed by atoms with E-state index in [9.17, 15) is 26.3 Å². The van der Waals surface area contributed by atoms with Crippen LogP contribution in [0.15, 0.2) is 24.3 Å². The predicted molar refractivity (Wildman–Crippen MR) is 56.9 cm³/mol. The maximum Gasteiger partial charge on any atom is 0.306 e. The quantitative estimate of drug-likeness (QED) is 0.582. The molecule has 0 aliphatic rings. The van der Waals surface area contributed by atoms with Crippen molar-refractivity contribution in [2.24, 2.45) is 0 Å². The first-order chi connectivity index (χ1) is 8.25. The zero-order chi connectivity index (χ0) is 14.0. The molecule has 1 aromatic carbocycles. The summed E-state index contributed by atoms with van der Waals surface area (Å²) < 4.78 is 74.3. The van der Waals surface area contributed by atoms with Crippen LogP contribution in [0, 0.1) is 0 Å². The van der Waals surface area contributed by atoms with Gasteiger partial charge in [-0.1, -0.05) is 23.2 Å². The highest BCUT2D eigenvalue weighted by Gasteiger charge is 2.21. The highest BCUT2D eigenvalue weighted by atomic mass is 35.5. The first-order valence-corrected chi connectivity index (χ1v) is 4.92. The Labute approximate surface area is 107 Å². The van der Waals surface area contributed by atoms with Gasteiger partial charge >= 0.3 is 12.2 Å². The van der Waals surface area contributed by atoms with Crippen LogP contribution in [0.4, 0.5) is 26.3 Å². The molecule has 0 aliphatic heterocycles. The Morgan fingerprint density at radius 3 is 1.33 bits per heavy atom. The third-order valence-corrected chi connectivity index (χ3v) is 2.47. The summed E-state index contributed by atoms with van der Waals surface area (Å²) in [6.45, 7) is 0. The molecule has 0 atom stereocenters. The molecule has 0 saturated carbocycles. The average molecular weight is 307 g/mol. The van der Waals surface area contributed by atoms with Crippen LogP contribution >= 0.6 is 23.2 Å². The van der Waals surface area contributed by atoms with Crippen molar-refractivity contribution in [2.45, 2.75) is 0 Å². The molecule has 0 bridgehead atoms. The van der Waals surface area contributed by atoms with Gasteiger partial charge in [0.1, 0.15) is 0 Å². The first kappa shape index (κ1) is 14.9. The van der Waals surface area contributed by atoms with E-state index in [1.165, 1.54) is 0 Å². The van der Waals surface area contributed by atoms with E-state index in [1.807, 2.05) is 0 Å². The van der Waals surface area contributed by atoms with Gasteiger partial charge in [0.2, 0.25) is 0 Å². The van der Waals surface area contributed by atoms with Crippen LogP contribution in [0.2, 0.25) is 10.0 Å². The average Bonchev–Trinajstić information content (AvgIpc) is 2.29. The van der Waals surface area contributed by atoms with Crippen LogP contribution in [-0.2, 0) is 0 Å². The van der Waals surface area contributed by atoms with E-state index < -0.39 is 45.0 Å². The minimum absolute atomic E-state index is 0.419. The molecule has 0 nitrogen and oxygen atoms in total. The number of rotatable bonds is 2. The van der Waals surface area contributed by atoms with Crippen molar-refractivity contribution in [3.8, 4) is 0 Å². The van der Waals surface area contributed by atoms with E-state index in [-0.39, 0.29) is 0 Å². The summed E-state index contributed by atoms with van der Waals surface area (Å²) in [5.74, 6) is -4.12. The summed E-state index contributed by atoms with van der Waals surface area (Å²) in [5.41, 5.74) is -1.92.